The van der Waals surface area contributed by atoms with Gasteiger partial charge in [-0.3, -0.25) is 9.59 Å². The molecule has 4 heteroatoms. The molecule has 0 heterocycles. The minimum Gasteiger partial charge on any atom is -0.464 e. The molecule has 0 unspecified atom stereocenters. The number of rotatable bonds is 4. The highest BCUT2D eigenvalue weighted by molar-refractivity contribution is 6.26. The van der Waals surface area contributed by atoms with E-state index in [4.69, 9.17) is 11.6 Å². The van der Waals surface area contributed by atoms with Crippen molar-refractivity contribution in [3.63, 3.8) is 0 Å². The molecular weight excluding hydrogens is 156 g/mol. The van der Waals surface area contributed by atoms with Gasteiger partial charge in [-0.05, 0) is 6.92 Å². The van der Waals surface area contributed by atoms with E-state index >= 15 is 0 Å². The number of ketones is 1. The summed E-state index contributed by atoms with van der Waals surface area (Å²) >= 11 is 5.11. The summed E-state index contributed by atoms with van der Waals surface area (Å²) in [5.74, 6) is -0.636. The molecule has 0 aromatic heterocycles. The minimum absolute atomic E-state index is 0.00220. The number of esters is 1. The van der Waals surface area contributed by atoms with Crippen LogP contribution in [0.5, 0.6) is 0 Å². The van der Waals surface area contributed by atoms with Crippen molar-refractivity contribution in [1.29, 1.82) is 0 Å². The smallest absolute Gasteiger partial charge is 0.320 e. The number of alkyl halides is 1. The number of carbonyl (C=O) groups excluding carboxylic acids is 2. The first-order chi connectivity index (χ1) is 4.66. The van der Waals surface area contributed by atoms with Crippen molar-refractivity contribution in [3.8, 4) is 0 Å². The Morgan fingerprint density at radius 3 is 2.50 bits per heavy atom. The predicted molar refractivity (Wildman–Crippen MR) is 37.0 cm³/mol. The molecule has 0 aromatic carbocycles. The lowest BCUT2D eigenvalue weighted by Crippen LogP contribution is -2.08. The van der Waals surface area contributed by atoms with E-state index in [9.17, 15) is 9.59 Å². The van der Waals surface area contributed by atoms with Crippen molar-refractivity contribution < 1.29 is 14.3 Å². The SMILES string of the molecule is CC(=O)CCOC(=O)CCl. The Bertz CT molecular complexity index is 133. The van der Waals surface area contributed by atoms with Crippen LogP contribution in [0.25, 0.3) is 0 Å². The summed E-state index contributed by atoms with van der Waals surface area (Å²) in [5, 5.41) is 0. The Morgan fingerprint density at radius 2 is 2.10 bits per heavy atom. The van der Waals surface area contributed by atoms with E-state index in [1.54, 1.807) is 0 Å². The first-order valence-corrected chi connectivity index (χ1v) is 3.41. The van der Waals surface area contributed by atoms with Crippen molar-refractivity contribution in [2.75, 3.05) is 12.5 Å². The van der Waals surface area contributed by atoms with Gasteiger partial charge in [-0.25, -0.2) is 0 Å². The lowest BCUT2D eigenvalue weighted by atomic mass is 10.3. The molecule has 0 atom stereocenters. The van der Waals surface area contributed by atoms with E-state index in [2.05, 4.69) is 4.74 Å². The lowest BCUT2D eigenvalue weighted by molar-refractivity contribution is -0.141. The molecule has 0 rings (SSSR count). The maximum Gasteiger partial charge on any atom is 0.320 e. The summed E-state index contributed by atoms with van der Waals surface area (Å²) < 4.78 is 4.51. The molecule has 0 radical (unpaired) electrons. The van der Waals surface area contributed by atoms with E-state index in [0.29, 0.717) is 0 Å². The fraction of sp³-hybridized carbons (Fsp3) is 0.667. The molecule has 0 bridgehead atoms. The fourth-order valence-electron chi connectivity index (χ4n) is 0.347. The first-order valence-electron chi connectivity index (χ1n) is 2.88. The molecule has 0 fully saturated rings. The summed E-state index contributed by atoms with van der Waals surface area (Å²) in [5.41, 5.74) is 0. The van der Waals surface area contributed by atoms with Crippen LogP contribution in [0.2, 0.25) is 0 Å². The van der Waals surface area contributed by atoms with Crippen molar-refractivity contribution in [2.45, 2.75) is 13.3 Å². The second-order valence-corrected chi connectivity index (χ2v) is 2.07. The van der Waals surface area contributed by atoms with E-state index < -0.39 is 5.97 Å². The molecule has 0 amide bonds. The summed E-state index contributed by atoms with van der Waals surface area (Å²) in [6, 6.07) is 0. The lowest BCUT2D eigenvalue weighted by Gasteiger charge is -1.98. The van der Waals surface area contributed by atoms with Gasteiger partial charge < -0.3 is 4.74 Å². The number of ether oxygens (including phenoxy) is 1. The van der Waals surface area contributed by atoms with E-state index in [0.717, 1.165) is 0 Å². The van der Waals surface area contributed by atoms with Gasteiger partial charge in [0.05, 0.1) is 6.61 Å². The van der Waals surface area contributed by atoms with E-state index in [1.807, 2.05) is 0 Å². The van der Waals surface area contributed by atoms with E-state index in [-0.39, 0.29) is 24.7 Å². The van der Waals surface area contributed by atoms with Crippen LogP contribution in [0.3, 0.4) is 0 Å². The van der Waals surface area contributed by atoms with Crippen LogP contribution in [0.1, 0.15) is 13.3 Å². The first kappa shape index (κ1) is 9.43. The number of carbonyl (C=O) groups is 2. The average Bonchev–Trinajstić information content (AvgIpc) is 1.87. The number of hydrogen-bond acceptors (Lipinski definition) is 3. The zero-order chi connectivity index (χ0) is 7.98. The molecule has 10 heavy (non-hydrogen) atoms. The normalized spacial score (nSPS) is 9.00. The molecule has 0 aromatic rings. The highest BCUT2D eigenvalue weighted by Gasteiger charge is 1.99. The standard InChI is InChI=1S/C6H9ClO3/c1-5(8)2-3-10-6(9)4-7/h2-4H2,1H3. The number of Topliss-reactive ketones (excluding diaryl/α,β-unsaturated/α-hetero) is 1. The van der Waals surface area contributed by atoms with Crippen LogP contribution in [0.4, 0.5) is 0 Å². The highest BCUT2D eigenvalue weighted by atomic mass is 35.5. The molecular formula is C6H9ClO3. The van der Waals surface area contributed by atoms with Crippen LogP contribution in [0, 0.1) is 0 Å². The number of halogens is 1. The monoisotopic (exact) mass is 164 g/mol. The van der Waals surface area contributed by atoms with Gasteiger partial charge in [-0.1, -0.05) is 0 Å². The van der Waals surface area contributed by atoms with Gasteiger partial charge in [0.25, 0.3) is 0 Å². The maximum absolute atomic E-state index is 10.3. The van der Waals surface area contributed by atoms with Gasteiger partial charge in [0.15, 0.2) is 0 Å². The molecule has 3 nitrogen and oxygen atoms in total. The summed E-state index contributed by atoms with van der Waals surface area (Å²) in [4.78, 5) is 20.6. The van der Waals surface area contributed by atoms with Gasteiger partial charge in [-0.15, -0.1) is 11.6 Å². The molecule has 0 aliphatic carbocycles. The molecule has 0 saturated carbocycles. The van der Waals surface area contributed by atoms with Crippen molar-refractivity contribution in [2.24, 2.45) is 0 Å². The largest absolute Gasteiger partial charge is 0.464 e. The van der Waals surface area contributed by atoms with Crippen LogP contribution in [-0.4, -0.2) is 24.2 Å². The molecule has 0 N–H and O–H groups in total. The zero-order valence-electron chi connectivity index (χ0n) is 5.72. The third-order valence-electron chi connectivity index (χ3n) is 0.826. The van der Waals surface area contributed by atoms with E-state index in [1.165, 1.54) is 6.92 Å². The van der Waals surface area contributed by atoms with Crippen LogP contribution < -0.4 is 0 Å². The topological polar surface area (TPSA) is 43.4 Å². The Labute approximate surface area is 64.3 Å². The maximum atomic E-state index is 10.3. The Kier molecular flexibility index (Phi) is 4.94. The molecule has 0 saturated heterocycles. The van der Waals surface area contributed by atoms with Crippen LogP contribution in [0.15, 0.2) is 0 Å². The third kappa shape index (κ3) is 5.56. The second kappa shape index (κ2) is 5.23. The third-order valence-corrected chi connectivity index (χ3v) is 1.04. The predicted octanol–water partition coefficient (Wildman–Crippen LogP) is 0.748. The highest BCUT2D eigenvalue weighted by Crippen LogP contribution is 1.87. The van der Waals surface area contributed by atoms with Crippen molar-refractivity contribution in [1.82, 2.24) is 0 Å². The molecule has 0 spiro atoms. The van der Waals surface area contributed by atoms with Gasteiger partial charge >= 0.3 is 5.97 Å². The summed E-state index contributed by atoms with van der Waals surface area (Å²) in [6.07, 6.45) is 0.266. The molecule has 0 aliphatic heterocycles. The second-order valence-electron chi connectivity index (χ2n) is 1.81. The zero-order valence-corrected chi connectivity index (χ0v) is 6.48. The Balaban J connectivity index is 3.20. The van der Waals surface area contributed by atoms with Gasteiger partial charge in [0.2, 0.25) is 0 Å². The van der Waals surface area contributed by atoms with Gasteiger partial charge in [0.1, 0.15) is 11.7 Å². The molecule has 0 aliphatic rings. The summed E-state index contributed by atoms with van der Waals surface area (Å²) in [6.45, 7) is 1.58. The van der Waals surface area contributed by atoms with Crippen LogP contribution in [-0.2, 0) is 14.3 Å². The minimum atomic E-state index is -0.483. The average molecular weight is 165 g/mol. The Hall–Kier alpha value is -0.570. The Morgan fingerprint density at radius 1 is 1.50 bits per heavy atom. The fourth-order valence-corrected chi connectivity index (χ4v) is 0.424. The quantitative estimate of drug-likeness (QED) is 0.455. The molecule has 58 valence electrons. The summed E-state index contributed by atoms with van der Waals surface area (Å²) in [7, 11) is 0. The van der Waals surface area contributed by atoms with Crippen molar-refractivity contribution >= 4 is 23.4 Å². The van der Waals surface area contributed by atoms with Crippen LogP contribution >= 0.6 is 11.6 Å². The van der Waals surface area contributed by atoms with Gasteiger partial charge in [-0.2, -0.15) is 0 Å². The van der Waals surface area contributed by atoms with Gasteiger partial charge in [0, 0.05) is 6.42 Å². The number of hydrogen-bond donors (Lipinski definition) is 0. The van der Waals surface area contributed by atoms with Crippen molar-refractivity contribution in [3.05, 3.63) is 0 Å².